The second-order valence-corrected chi connectivity index (χ2v) is 21.4. The number of hydrogen-bond acceptors (Lipinski definition) is 10. The Balaban J connectivity index is 0.782. The van der Waals surface area contributed by atoms with Gasteiger partial charge < -0.3 is 43.3 Å². The first kappa shape index (κ1) is 48.4. The van der Waals surface area contributed by atoms with E-state index >= 15 is 0 Å². The van der Waals surface area contributed by atoms with E-state index in [4.69, 9.17) is 23.7 Å². The van der Waals surface area contributed by atoms with Gasteiger partial charge in [-0.1, -0.05) is 105 Å². The standard InChI is InChI=1S/C67H64N4O6/c1-66(2)58-19-11-10-18-54(58)62-56-44-59(71-41-39-70(40-42-71)51-27-31-53(32-28-51)76-65(72)46-21-29-52(30-22-46)75-61-20-12-13-43-74-61)60(73-3)45-57(56)64-55(63(62)66)33-34-67(77-64,47-14-6-4-7-15-47)48-23-25-50(26-24-48)69-37-35-68(36-38-69)49-16-8-5-9-17-49/h4-11,14-19,21-34,44-45,61H,12-13,20,35-43H2,1-3H3. The predicted molar refractivity (Wildman–Crippen MR) is 309 cm³/mol. The van der Waals surface area contributed by atoms with Crippen LogP contribution in [0.1, 0.15) is 71.3 Å². The molecule has 5 aliphatic rings. The topological polar surface area (TPSA) is 76.2 Å². The first-order valence-corrected chi connectivity index (χ1v) is 27.4. The van der Waals surface area contributed by atoms with E-state index in [0.29, 0.717) is 23.7 Å². The number of carbonyl (C=O) groups is 1. The first-order valence-electron chi connectivity index (χ1n) is 27.4. The molecule has 0 aromatic heterocycles. The number of rotatable bonds is 11. The van der Waals surface area contributed by atoms with Crippen LogP contribution >= 0.6 is 0 Å². The van der Waals surface area contributed by atoms with E-state index in [1.54, 1.807) is 31.4 Å². The van der Waals surface area contributed by atoms with Gasteiger partial charge in [-0.3, -0.25) is 0 Å². The molecule has 0 N–H and O–H groups in total. The number of methoxy groups -OCH3 is 1. The van der Waals surface area contributed by atoms with Crippen molar-refractivity contribution in [3.8, 4) is 34.1 Å². The molecule has 1 aliphatic carbocycles. The largest absolute Gasteiger partial charge is 0.495 e. The lowest BCUT2D eigenvalue weighted by Crippen LogP contribution is -2.46. The maximum atomic E-state index is 13.1. The van der Waals surface area contributed by atoms with Crippen molar-refractivity contribution >= 4 is 45.6 Å². The Bertz CT molecular complexity index is 3470. The highest BCUT2D eigenvalue weighted by molar-refractivity contribution is 6.10. The predicted octanol–water partition coefficient (Wildman–Crippen LogP) is 13.3. The van der Waals surface area contributed by atoms with E-state index in [2.05, 4.69) is 167 Å². The van der Waals surface area contributed by atoms with E-state index in [1.165, 1.54) is 33.6 Å². The zero-order valence-corrected chi connectivity index (χ0v) is 44.1. The summed E-state index contributed by atoms with van der Waals surface area (Å²) in [5.74, 6) is 2.43. The Hall–Kier alpha value is -8.21. The number of ether oxygens (including phenoxy) is 5. The van der Waals surface area contributed by atoms with Crippen LogP contribution in [-0.2, 0) is 15.8 Å². The third kappa shape index (κ3) is 8.88. The minimum absolute atomic E-state index is 0.242. The summed E-state index contributed by atoms with van der Waals surface area (Å²) in [6.45, 7) is 12.5. The molecular weight excluding hydrogens is 957 g/mol. The van der Waals surface area contributed by atoms with E-state index in [9.17, 15) is 4.79 Å². The average molecular weight is 1020 g/mol. The molecule has 77 heavy (non-hydrogen) atoms. The number of benzene rings is 8. The van der Waals surface area contributed by atoms with Crippen LogP contribution in [0.3, 0.4) is 0 Å². The van der Waals surface area contributed by atoms with E-state index < -0.39 is 11.6 Å². The zero-order valence-electron chi connectivity index (χ0n) is 44.1. The fourth-order valence-electron chi connectivity index (χ4n) is 12.5. The normalized spacial score (nSPS) is 19.5. The van der Waals surface area contributed by atoms with Gasteiger partial charge in [0.1, 0.15) is 23.0 Å². The zero-order chi connectivity index (χ0) is 52.1. The van der Waals surface area contributed by atoms with Crippen LogP contribution in [0, 0.1) is 0 Å². The molecule has 0 radical (unpaired) electrons. The summed E-state index contributed by atoms with van der Waals surface area (Å²) in [5.41, 5.74) is 12.3. The highest BCUT2D eigenvalue weighted by Gasteiger charge is 2.45. The number of esters is 1. The Kier molecular flexibility index (Phi) is 12.6. The Morgan fingerprint density at radius 2 is 1.18 bits per heavy atom. The second-order valence-electron chi connectivity index (χ2n) is 21.4. The minimum atomic E-state index is -0.899. The van der Waals surface area contributed by atoms with E-state index in [-0.39, 0.29) is 11.7 Å². The number of anilines is 4. The third-order valence-electron chi connectivity index (χ3n) is 16.6. The van der Waals surface area contributed by atoms with Crippen molar-refractivity contribution in [2.45, 2.75) is 50.4 Å². The van der Waals surface area contributed by atoms with Gasteiger partial charge in [-0.15, -0.1) is 0 Å². The third-order valence-corrected chi connectivity index (χ3v) is 16.6. The first-order chi connectivity index (χ1) is 37.7. The molecule has 2 atom stereocenters. The number of carbonyl (C=O) groups excluding carboxylic acids is 1. The molecule has 4 heterocycles. The maximum absolute atomic E-state index is 13.1. The highest BCUT2D eigenvalue weighted by atomic mass is 16.7. The van der Waals surface area contributed by atoms with Crippen molar-refractivity contribution in [2.24, 2.45) is 0 Å². The highest BCUT2D eigenvalue weighted by Crippen LogP contribution is 2.59. The molecule has 0 spiro atoms. The lowest BCUT2D eigenvalue weighted by atomic mass is 9.76. The van der Waals surface area contributed by atoms with Crippen molar-refractivity contribution in [3.05, 3.63) is 209 Å². The molecule has 3 saturated heterocycles. The van der Waals surface area contributed by atoms with Crippen LogP contribution in [-0.4, -0.2) is 78.3 Å². The second kappa shape index (κ2) is 20.1. The Morgan fingerprint density at radius 3 is 1.83 bits per heavy atom. The molecule has 13 rings (SSSR count). The molecule has 10 nitrogen and oxygen atoms in total. The SMILES string of the molecule is COc1cc2c3c(c4c(c2cc1N1CCN(c2ccc(OC(=O)c5ccc(OC6CCCCO6)cc5)cc2)CC1)-c1ccccc1C4(C)C)C=CC(c1ccccc1)(c1ccc(N2CCN(c4ccccc4)CC2)cc1)O3. The smallest absolute Gasteiger partial charge is 0.343 e. The molecule has 0 saturated carbocycles. The fraction of sp³-hybridized carbons (Fsp3) is 0.269. The van der Waals surface area contributed by atoms with Crippen molar-refractivity contribution in [3.63, 3.8) is 0 Å². The molecule has 8 aromatic rings. The molecular formula is C67H64N4O6. The van der Waals surface area contributed by atoms with Crippen LogP contribution in [0.25, 0.3) is 28.0 Å². The summed E-state index contributed by atoms with van der Waals surface area (Å²) >= 11 is 0. The van der Waals surface area contributed by atoms with Crippen molar-refractivity contribution in [2.75, 3.05) is 85.7 Å². The van der Waals surface area contributed by atoms with Gasteiger partial charge in [0, 0.05) is 103 Å². The monoisotopic (exact) mass is 1020 g/mol. The maximum Gasteiger partial charge on any atom is 0.343 e. The molecule has 3 fully saturated rings. The lowest BCUT2D eigenvalue weighted by Gasteiger charge is -2.40. The fourth-order valence-corrected chi connectivity index (χ4v) is 12.5. The summed E-state index contributed by atoms with van der Waals surface area (Å²) in [5, 5.41) is 2.18. The molecule has 10 heteroatoms. The Labute approximate surface area is 451 Å². The number of piperazine rings is 2. The molecule has 8 aromatic carbocycles. The van der Waals surface area contributed by atoms with Gasteiger partial charge in [0.2, 0.25) is 0 Å². The van der Waals surface area contributed by atoms with E-state index in [0.717, 1.165) is 122 Å². The quantitative estimate of drug-likeness (QED) is 0.0923. The average Bonchev–Trinajstić information content (AvgIpc) is 3.94. The van der Waals surface area contributed by atoms with Crippen LogP contribution in [0.2, 0.25) is 0 Å². The van der Waals surface area contributed by atoms with Gasteiger partial charge in [-0.2, -0.15) is 0 Å². The van der Waals surface area contributed by atoms with Gasteiger partial charge in [0.25, 0.3) is 0 Å². The van der Waals surface area contributed by atoms with Crippen molar-refractivity contribution in [1.82, 2.24) is 0 Å². The molecule has 2 unspecified atom stereocenters. The van der Waals surface area contributed by atoms with Gasteiger partial charge in [-0.25, -0.2) is 4.79 Å². The van der Waals surface area contributed by atoms with Crippen LogP contribution < -0.4 is 38.5 Å². The molecule has 4 aliphatic heterocycles. The van der Waals surface area contributed by atoms with Crippen molar-refractivity contribution in [1.29, 1.82) is 0 Å². The van der Waals surface area contributed by atoms with E-state index in [1.807, 2.05) is 24.3 Å². The van der Waals surface area contributed by atoms with Gasteiger partial charge >= 0.3 is 5.97 Å². The van der Waals surface area contributed by atoms with Gasteiger partial charge in [0.15, 0.2) is 11.9 Å². The summed E-state index contributed by atoms with van der Waals surface area (Å²) < 4.78 is 31.6. The molecule has 0 bridgehead atoms. The molecule has 388 valence electrons. The Morgan fingerprint density at radius 1 is 0.597 bits per heavy atom. The van der Waals surface area contributed by atoms with Crippen LogP contribution in [0.5, 0.6) is 23.0 Å². The summed E-state index contributed by atoms with van der Waals surface area (Å²) in [7, 11) is 1.78. The summed E-state index contributed by atoms with van der Waals surface area (Å²) in [6.07, 6.45) is 7.40. The van der Waals surface area contributed by atoms with Gasteiger partial charge in [-0.05, 0) is 131 Å². The number of para-hydroxylation sites is 1. The van der Waals surface area contributed by atoms with Crippen LogP contribution in [0.15, 0.2) is 176 Å². The number of fused-ring (bicyclic) bond motifs is 8. The van der Waals surface area contributed by atoms with Crippen LogP contribution in [0.4, 0.5) is 22.7 Å². The van der Waals surface area contributed by atoms with Crippen molar-refractivity contribution < 1.29 is 28.5 Å². The summed E-state index contributed by atoms with van der Waals surface area (Å²) in [4.78, 5) is 23.0. The minimum Gasteiger partial charge on any atom is -0.495 e. The summed E-state index contributed by atoms with van der Waals surface area (Å²) in [6, 6.07) is 58.9. The van der Waals surface area contributed by atoms with Gasteiger partial charge in [0.05, 0.1) is 25.0 Å². The number of nitrogens with zero attached hydrogens (tertiary/aromatic N) is 4. The molecule has 0 amide bonds. The lowest BCUT2D eigenvalue weighted by molar-refractivity contribution is -0.105. The number of hydrogen-bond donors (Lipinski definition) is 0.